The number of esters is 2. The summed E-state index contributed by atoms with van der Waals surface area (Å²) in [5.74, 6) is -2.04. The van der Waals surface area contributed by atoms with Gasteiger partial charge in [-0.15, -0.1) is 0 Å². The van der Waals surface area contributed by atoms with E-state index in [1.54, 1.807) is 0 Å². The molecule has 1 N–H and O–H groups in total. The molecule has 0 spiro atoms. The Morgan fingerprint density at radius 1 is 0.962 bits per heavy atom. The van der Waals surface area contributed by atoms with E-state index in [9.17, 15) is 35.9 Å². The number of anilines is 1. The summed E-state index contributed by atoms with van der Waals surface area (Å²) in [6, 6.07) is 0.669. The topological polar surface area (TPSA) is 77.0 Å². The summed E-state index contributed by atoms with van der Waals surface area (Å²) in [6.07, 6.45) is -10.8. The van der Waals surface area contributed by atoms with E-state index in [2.05, 4.69) is 14.6 Å². The van der Waals surface area contributed by atoms with Crippen molar-refractivity contribution in [3.8, 4) is 0 Å². The lowest BCUT2D eigenvalue weighted by Gasteiger charge is -2.14. The van der Waals surface area contributed by atoms with Crippen molar-refractivity contribution in [2.45, 2.75) is 18.8 Å². The first kappa shape index (κ1) is 21.3. The van der Waals surface area contributed by atoms with Gasteiger partial charge in [0, 0.05) is 0 Å². The number of nitrogens with zero attached hydrogens (tertiary/aromatic N) is 1. The Balaban J connectivity index is 3.28. The molecular formula is C14H12F6N2O4. The molecule has 0 aliphatic rings. The molecule has 26 heavy (non-hydrogen) atoms. The molecule has 1 rings (SSSR count). The first-order valence-electron chi connectivity index (χ1n) is 6.65. The summed E-state index contributed by atoms with van der Waals surface area (Å²) in [7, 11) is 1.95. The second-order valence-electron chi connectivity index (χ2n) is 4.71. The van der Waals surface area contributed by atoms with Crippen LogP contribution in [0, 0.1) is 0 Å². The van der Waals surface area contributed by atoms with Gasteiger partial charge in [0.1, 0.15) is 0 Å². The maximum absolute atomic E-state index is 12.8. The van der Waals surface area contributed by atoms with Crippen molar-refractivity contribution in [2.75, 3.05) is 19.6 Å². The number of nitrogens with one attached hydrogen (secondary N) is 1. The third-order valence-electron chi connectivity index (χ3n) is 2.87. The van der Waals surface area contributed by atoms with Crippen molar-refractivity contribution in [1.82, 2.24) is 0 Å². The molecule has 0 unspecified atom stereocenters. The first-order chi connectivity index (χ1) is 11.9. The van der Waals surface area contributed by atoms with Gasteiger partial charge in [-0.25, -0.2) is 4.79 Å². The van der Waals surface area contributed by atoms with E-state index in [-0.39, 0.29) is 6.07 Å². The molecule has 0 aromatic heterocycles. The molecule has 1 aromatic rings. The van der Waals surface area contributed by atoms with Crippen molar-refractivity contribution in [3.05, 3.63) is 29.3 Å². The molecule has 0 saturated carbocycles. The minimum Gasteiger partial charge on any atom is -0.469 e. The highest BCUT2D eigenvalue weighted by atomic mass is 19.4. The highest BCUT2D eigenvalue weighted by molar-refractivity contribution is 6.39. The lowest BCUT2D eigenvalue weighted by molar-refractivity contribution is -0.143. The minimum absolute atomic E-state index is 0.0649. The SMILES string of the molecule is COC(=O)C/C(=N/Nc1cc(C(F)(F)F)cc(C(F)(F)F)c1)C(=O)OC. The number of hydrazone groups is 1. The Morgan fingerprint density at radius 3 is 1.85 bits per heavy atom. The number of benzene rings is 1. The Hall–Kier alpha value is -2.79. The summed E-state index contributed by atoms with van der Waals surface area (Å²) in [4.78, 5) is 22.7. The van der Waals surface area contributed by atoms with Crippen LogP contribution in [0.2, 0.25) is 0 Å². The van der Waals surface area contributed by atoms with Crippen LogP contribution in [0.3, 0.4) is 0 Å². The monoisotopic (exact) mass is 386 g/mol. The van der Waals surface area contributed by atoms with Gasteiger partial charge < -0.3 is 9.47 Å². The van der Waals surface area contributed by atoms with Crippen LogP contribution in [-0.4, -0.2) is 31.9 Å². The lowest BCUT2D eigenvalue weighted by Crippen LogP contribution is -2.22. The zero-order valence-corrected chi connectivity index (χ0v) is 13.3. The first-order valence-corrected chi connectivity index (χ1v) is 6.65. The number of carbonyl (C=O) groups is 2. The molecule has 144 valence electrons. The maximum Gasteiger partial charge on any atom is 0.416 e. The number of halogens is 6. The van der Waals surface area contributed by atoms with Gasteiger partial charge in [-0.05, 0) is 18.2 Å². The number of hydrogen-bond donors (Lipinski definition) is 1. The van der Waals surface area contributed by atoms with E-state index in [1.165, 1.54) is 0 Å². The molecule has 0 atom stereocenters. The molecule has 0 saturated heterocycles. The number of carbonyl (C=O) groups excluding carboxylic acids is 2. The van der Waals surface area contributed by atoms with Crippen LogP contribution < -0.4 is 5.43 Å². The number of hydrogen-bond acceptors (Lipinski definition) is 6. The van der Waals surface area contributed by atoms with Crippen LogP contribution >= 0.6 is 0 Å². The van der Waals surface area contributed by atoms with Gasteiger partial charge in [0.15, 0.2) is 5.71 Å². The molecule has 0 bridgehead atoms. The molecule has 6 nitrogen and oxygen atoms in total. The molecule has 0 fully saturated rings. The fourth-order valence-corrected chi connectivity index (χ4v) is 1.64. The second-order valence-corrected chi connectivity index (χ2v) is 4.71. The summed E-state index contributed by atoms with van der Waals surface area (Å²) < 4.78 is 85.2. The van der Waals surface area contributed by atoms with E-state index in [1.807, 2.05) is 5.43 Å². The van der Waals surface area contributed by atoms with Crippen LogP contribution in [-0.2, 0) is 31.4 Å². The number of methoxy groups -OCH3 is 2. The summed E-state index contributed by atoms with van der Waals surface area (Å²) in [5, 5.41) is 3.36. The number of ether oxygens (including phenoxy) is 2. The number of alkyl halides is 6. The van der Waals surface area contributed by atoms with Crippen molar-refractivity contribution < 1.29 is 45.4 Å². The van der Waals surface area contributed by atoms with E-state index < -0.39 is 53.2 Å². The maximum atomic E-state index is 12.8. The van der Waals surface area contributed by atoms with Gasteiger partial charge >= 0.3 is 24.3 Å². The third-order valence-corrected chi connectivity index (χ3v) is 2.87. The summed E-state index contributed by atoms with van der Waals surface area (Å²) in [5.41, 5.74) is -2.55. The Morgan fingerprint density at radius 2 is 1.46 bits per heavy atom. The van der Waals surface area contributed by atoms with Crippen LogP contribution in [0.15, 0.2) is 23.3 Å². The van der Waals surface area contributed by atoms with Crippen LogP contribution in [0.25, 0.3) is 0 Å². The Labute approximate surface area is 142 Å². The van der Waals surface area contributed by atoms with Gasteiger partial charge in [-0.1, -0.05) is 0 Å². The van der Waals surface area contributed by atoms with E-state index in [4.69, 9.17) is 0 Å². The highest BCUT2D eigenvalue weighted by Gasteiger charge is 2.37. The molecule has 0 heterocycles. The lowest BCUT2D eigenvalue weighted by atomic mass is 10.1. The molecule has 12 heteroatoms. The van der Waals surface area contributed by atoms with E-state index in [0.717, 1.165) is 14.2 Å². The largest absolute Gasteiger partial charge is 0.469 e. The van der Waals surface area contributed by atoms with Gasteiger partial charge in [0.25, 0.3) is 0 Å². The predicted molar refractivity (Wildman–Crippen MR) is 76.2 cm³/mol. The molecule has 1 aromatic carbocycles. The quantitative estimate of drug-likeness (QED) is 0.364. The van der Waals surface area contributed by atoms with Crippen molar-refractivity contribution in [2.24, 2.45) is 5.10 Å². The zero-order valence-electron chi connectivity index (χ0n) is 13.3. The van der Waals surface area contributed by atoms with Gasteiger partial charge in [0.2, 0.25) is 0 Å². The third kappa shape index (κ3) is 5.93. The molecule has 0 amide bonds. The standard InChI is InChI=1S/C14H12F6N2O4/c1-25-11(23)6-10(12(24)26-2)22-21-9-4-7(13(15,16)17)3-8(5-9)14(18,19)20/h3-5,21H,6H2,1-2H3/b22-10-. The predicted octanol–water partition coefficient (Wildman–Crippen LogP) is 3.23. The second kappa shape index (κ2) is 8.06. The van der Waals surface area contributed by atoms with Crippen molar-refractivity contribution >= 4 is 23.3 Å². The Bertz CT molecular complexity index is 680. The minimum atomic E-state index is -5.04. The number of rotatable bonds is 5. The smallest absolute Gasteiger partial charge is 0.416 e. The van der Waals surface area contributed by atoms with Crippen LogP contribution in [0.5, 0.6) is 0 Å². The fourth-order valence-electron chi connectivity index (χ4n) is 1.64. The highest BCUT2D eigenvalue weighted by Crippen LogP contribution is 2.37. The Kier molecular flexibility index (Phi) is 6.59. The van der Waals surface area contributed by atoms with Crippen molar-refractivity contribution in [3.63, 3.8) is 0 Å². The van der Waals surface area contributed by atoms with E-state index >= 15 is 0 Å². The van der Waals surface area contributed by atoms with E-state index in [0.29, 0.717) is 12.1 Å². The van der Waals surface area contributed by atoms with Crippen LogP contribution in [0.4, 0.5) is 32.0 Å². The van der Waals surface area contributed by atoms with Gasteiger partial charge in [-0.2, -0.15) is 31.4 Å². The summed E-state index contributed by atoms with van der Waals surface area (Å²) in [6.45, 7) is 0. The van der Waals surface area contributed by atoms with Crippen LogP contribution in [0.1, 0.15) is 17.5 Å². The molecule has 0 radical (unpaired) electrons. The average Bonchev–Trinajstić information content (AvgIpc) is 2.55. The molecule has 0 aliphatic carbocycles. The summed E-state index contributed by atoms with van der Waals surface area (Å²) >= 11 is 0. The fraction of sp³-hybridized carbons (Fsp3) is 0.357. The zero-order chi connectivity index (χ0) is 20.1. The molecule has 0 aliphatic heterocycles. The van der Waals surface area contributed by atoms with Gasteiger partial charge in [0.05, 0.1) is 37.5 Å². The average molecular weight is 386 g/mol. The normalized spacial score (nSPS) is 12.5. The van der Waals surface area contributed by atoms with Crippen molar-refractivity contribution in [1.29, 1.82) is 0 Å². The molecular weight excluding hydrogens is 374 g/mol. The van der Waals surface area contributed by atoms with Gasteiger partial charge in [-0.3, -0.25) is 10.2 Å².